The van der Waals surface area contributed by atoms with Crippen LogP contribution >= 0.6 is 0 Å². The van der Waals surface area contributed by atoms with Gasteiger partial charge < -0.3 is 10.2 Å². The van der Waals surface area contributed by atoms with Crippen molar-refractivity contribution in [1.29, 1.82) is 0 Å². The molecule has 2 aromatic carbocycles. The summed E-state index contributed by atoms with van der Waals surface area (Å²) in [6, 6.07) is 18.2. The van der Waals surface area contributed by atoms with Crippen molar-refractivity contribution in [1.82, 2.24) is 14.2 Å². The molecule has 2 N–H and O–H groups in total. The first-order valence-electron chi connectivity index (χ1n) is 10.7. The molecule has 1 aliphatic carbocycles. The van der Waals surface area contributed by atoms with Crippen LogP contribution in [0.2, 0.25) is 0 Å². The van der Waals surface area contributed by atoms with Crippen molar-refractivity contribution < 1.29 is 8.42 Å². The van der Waals surface area contributed by atoms with Gasteiger partial charge in [-0.05, 0) is 61.3 Å². The molecule has 1 fully saturated rings. The van der Waals surface area contributed by atoms with Crippen LogP contribution in [0.5, 0.6) is 0 Å². The van der Waals surface area contributed by atoms with Gasteiger partial charge in [-0.3, -0.25) is 4.72 Å². The number of fused-ring (bicyclic) bond motifs is 2. The third kappa shape index (κ3) is 4.23. The fourth-order valence-corrected chi connectivity index (χ4v) is 5.59. The Morgan fingerprint density at radius 2 is 1.81 bits per heavy atom. The van der Waals surface area contributed by atoms with Crippen molar-refractivity contribution in [2.45, 2.75) is 18.9 Å². The summed E-state index contributed by atoms with van der Waals surface area (Å²) in [7, 11) is -1.55. The molecular weight excluding hydrogens is 410 g/mol. The predicted molar refractivity (Wildman–Crippen MR) is 124 cm³/mol. The van der Waals surface area contributed by atoms with E-state index in [0.717, 1.165) is 42.7 Å². The molecule has 31 heavy (non-hydrogen) atoms. The van der Waals surface area contributed by atoms with Crippen molar-refractivity contribution in [3.8, 4) is 0 Å². The first-order chi connectivity index (χ1) is 15.0. The number of aryl methyl sites for hydroxylation is 1. The molecule has 2 aliphatic rings. The normalized spacial score (nSPS) is 20.0. The van der Waals surface area contributed by atoms with Crippen molar-refractivity contribution in [2.75, 3.05) is 43.3 Å². The zero-order valence-corrected chi connectivity index (χ0v) is 18.4. The van der Waals surface area contributed by atoms with Gasteiger partial charge in [-0.1, -0.05) is 24.3 Å². The molecule has 1 atom stereocenters. The van der Waals surface area contributed by atoms with Gasteiger partial charge in [0, 0.05) is 31.6 Å². The summed E-state index contributed by atoms with van der Waals surface area (Å²) in [6.45, 7) is 2.48. The molecule has 2 heterocycles. The number of anilines is 2. The van der Waals surface area contributed by atoms with Gasteiger partial charge in [-0.15, -0.1) is 0 Å². The fourth-order valence-electron chi connectivity index (χ4n) is 4.40. The van der Waals surface area contributed by atoms with Gasteiger partial charge in [-0.2, -0.15) is 12.7 Å². The Kier molecular flexibility index (Phi) is 5.29. The van der Waals surface area contributed by atoms with Gasteiger partial charge in [0.25, 0.3) is 0 Å². The largest absolute Gasteiger partial charge is 0.363 e. The molecule has 7 nitrogen and oxygen atoms in total. The molecule has 0 saturated carbocycles. The van der Waals surface area contributed by atoms with E-state index >= 15 is 0 Å². The second kappa shape index (κ2) is 8.11. The quantitative estimate of drug-likeness (QED) is 0.641. The van der Waals surface area contributed by atoms with Crippen LogP contribution in [0.1, 0.15) is 23.6 Å². The highest BCUT2D eigenvalue weighted by molar-refractivity contribution is 7.90. The van der Waals surface area contributed by atoms with E-state index in [2.05, 4.69) is 39.2 Å². The number of hydrogen-bond acceptors (Lipinski definition) is 5. The van der Waals surface area contributed by atoms with Crippen molar-refractivity contribution in [2.24, 2.45) is 0 Å². The van der Waals surface area contributed by atoms with Gasteiger partial charge in [0.2, 0.25) is 0 Å². The standard InChI is InChI=1S/C23H27N5O2S/c1-27-12-14-28(15-13-27)31(29,30)26-19-8-10-21-18(16-19)7-11-23(24-21)25-22-9-6-17-4-2-3-5-20(17)22/h2-5,7-8,10-11,16,22,26H,6,9,12-15H2,1H3,(H,24,25)/t22-/m1/s1. The number of rotatable bonds is 5. The van der Waals surface area contributed by atoms with E-state index in [4.69, 9.17) is 4.98 Å². The Morgan fingerprint density at radius 3 is 2.65 bits per heavy atom. The average Bonchev–Trinajstić information content (AvgIpc) is 3.17. The molecule has 0 bridgehead atoms. The SMILES string of the molecule is CN1CCN(S(=O)(=O)Nc2ccc3nc(N[C@@H]4CCc5ccccc54)ccc3c2)CC1. The lowest BCUT2D eigenvalue weighted by molar-refractivity contribution is 0.223. The molecule has 0 spiro atoms. The van der Waals surface area contributed by atoms with E-state index in [-0.39, 0.29) is 6.04 Å². The molecule has 162 valence electrons. The molecule has 0 unspecified atom stereocenters. The van der Waals surface area contributed by atoms with Gasteiger partial charge in [0.1, 0.15) is 5.82 Å². The molecular formula is C23H27N5O2S. The number of hydrogen-bond donors (Lipinski definition) is 2. The molecule has 1 aliphatic heterocycles. The minimum absolute atomic E-state index is 0.274. The maximum atomic E-state index is 12.7. The lowest BCUT2D eigenvalue weighted by Gasteiger charge is -2.31. The summed E-state index contributed by atoms with van der Waals surface area (Å²) in [5.74, 6) is 0.833. The van der Waals surface area contributed by atoms with E-state index in [1.54, 1.807) is 6.07 Å². The lowest BCUT2D eigenvalue weighted by atomic mass is 10.1. The maximum Gasteiger partial charge on any atom is 0.301 e. The number of piperazine rings is 1. The minimum atomic E-state index is -3.56. The zero-order valence-electron chi connectivity index (χ0n) is 17.6. The van der Waals surface area contributed by atoms with Crippen LogP contribution in [0.25, 0.3) is 10.9 Å². The van der Waals surface area contributed by atoms with Crippen LogP contribution in [-0.2, 0) is 16.6 Å². The van der Waals surface area contributed by atoms with Crippen molar-refractivity contribution in [3.63, 3.8) is 0 Å². The molecule has 0 radical (unpaired) electrons. The third-order valence-corrected chi connectivity index (χ3v) is 7.73. The number of benzene rings is 2. The van der Waals surface area contributed by atoms with Crippen LogP contribution in [0.15, 0.2) is 54.6 Å². The van der Waals surface area contributed by atoms with Gasteiger partial charge >= 0.3 is 10.2 Å². The molecule has 1 saturated heterocycles. The first-order valence-corrected chi connectivity index (χ1v) is 12.1. The van der Waals surface area contributed by atoms with Crippen molar-refractivity contribution in [3.05, 3.63) is 65.7 Å². The molecule has 5 rings (SSSR count). The highest BCUT2D eigenvalue weighted by Crippen LogP contribution is 2.33. The summed E-state index contributed by atoms with van der Waals surface area (Å²) < 4.78 is 29.7. The highest BCUT2D eigenvalue weighted by Gasteiger charge is 2.26. The Bertz CT molecular complexity index is 1210. The van der Waals surface area contributed by atoms with E-state index in [9.17, 15) is 8.42 Å². The van der Waals surface area contributed by atoms with E-state index in [1.165, 1.54) is 15.4 Å². The number of nitrogens with one attached hydrogen (secondary N) is 2. The topological polar surface area (TPSA) is 77.6 Å². The summed E-state index contributed by atoms with van der Waals surface area (Å²) in [5, 5.41) is 4.45. The molecule has 0 amide bonds. The fraction of sp³-hybridized carbons (Fsp3) is 0.348. The van der Waals surface area contributed by atoms with Crippen molar-refractivity contribution >= 4 is 32.6 Å². The van der Waals surface area contributed by atoms with Gasteiger partial charge in [0.15, 0.2) is 0 Å². The van der Waals surface area contributed by atoms with E-state index in [1.807, 2.05) is 31.3 Å². The molecule has 3 aromatic rings. The van der Waals surface area contributed by atoms with Crippen LogP contribution in [0.3, 0.4) is 0 Å². The summed E-state index contributed by atoms with van der Waals surface area (Å²) in [5.41, 5.74) is 4.13. The summed E-state index contributed by atoms with van der Waals surface area (Å²) in [6.07, 6.45) is 2.14. The van der Waals surface area contributed by atoms with Gasteiger partial charge in [-0.25, -0.2) is 4.98 Å². The van der Waals surface area contributed by atoms with Crippen LogP contribution < -0.4 is 10.0 Å². The lowest BCUT2D eigenvalue weighted by Crippen LogP contribution is -2.48. The van der Waals surface area contributed by atoms with Gasteiger partial charge in [0.05, 0.1) is 17.2 Å². The monoisotopic (exact) mass is 437 g/mol. The molecule has 1 aromatic heterocycles. The summed E-state index contributed by atoms with van der Waals surface area (Å²) in [4.78, 5) is 6.87. The first kappa shape index (κ1) is 20.2. The van der Waals surface area contributed by atoms with Crippen LogP contribution in [0, 0.1) is 0 Å². The predicted octanol–water partition coefficient (Wildman–Crippen LogP) is 3.24. The summed E-state index contributed by atoms with van der Waals surface area (Å²) >= 11 is 0. The number of pyridine rings is 1. The molecule has 8 heteroatoms. The number of likely N-dealkylation sites (N-methyl/N-ethyl adjacent to an activating group) is 1. The number of aromatic nitrogens is 1. The Hall–Kier alpha value is -2.68. The Balaban J connectivity index is 1.31. The number of nitrogens with zero attached hydrogens (tertiary/aromatic N) is 3. The van der Waals surface area contributed by atoms with Crippen LogP contribution in [-0.4, -0.2) is 55.8 Å². The minimum Gasteiger partial charge on any atom is -0.363 e. The van der Waals surface area contributed by atoms with E-state index in [0.29, 0.717) is 18.8 Å². The average molecular weight is 438 g/mol. The second-order valence-corrected chi connectivity index (χ2v) is 10.0. The second-order valence-electron chi connectivity index (χ2n) is 8.35. The zero-order chi connectivity index (χ0) is 21.4. The maximum absolute atomic E-state index is 12.7. The highest BCUT2D eigenvalue weighted by atomic mass is 32.2. The Morgan fingerprint density at radius 1 is 1.00 bits per heavy atom. The third-order valence-electron chi connectivity index (χ3n) is 6.19. The van der Waals surface area contributed by atoms with E-state index < -0.39 is 10.2 Å². The Labute approximate surface area is 183 Å². The smallest absolute Gasteiger partial charge is 0.301 e. The van der Waals surface area contributed by atoms with Crippen LogP contribution in [0.4, 0.5) is 11.5 Å².